The van der Waals surface area contributed by atoms with Crippen LogP contribution >= 0.6 is 0 Å². The van der Waals surface area contributed by atoms with E-state index in [4.69, 9.17) is 0 Å². The quantitative estimate of drug-likeness (QED) is 0.519. The zero-order chi connectivity index (χ0) is 7.84. The lowest BCUT2D eigenvalue weighted by molar-refractivity contribution is -0.128. The summed E-state index contributed by atoms with van der Waals surface area (Å²) < 4.78 is 0. The first-order valence-electron chi connectivity index (χ1n) is 4.23. The molecular formula is C8H14N2O. The highest BCUT2D eigenvalue weighted by atomic mass is 16.2. The normalized spacial score (nSPS) is 35.9. The Hall–Kier alpha value is -0.570. The second kappa shape index (κ2) is 2.48. The summed E-state index contributed by atoms with van der Waals surface area (Å²) in [4.78, 5) is 13.0. The molecule has 3 nitrogen and oxygen atoms in total. The molecule has 0 saturated carbocycles. The van der Waals surface area contributed by atoms with E-state index in [1.54, 1.807) is 6.92 Å². The van der Waals surface area contributed by atoms with Gasteiger partial charge in [-0.25, -0.2) is 0 Å². The van der Waals surface area contributed by atoms with Crippen LogP contribution in [0.25, 0.3) is 0 Å². The molecule has 2 saturated heterocycles. The summed E-state index contributed by atoms with van der Waals surface area (Å²) in [5.41, 5.74) is 0. The lowest BCUT2D eigenvalue weighted by atomic mass is 10.0. The van der Waals surface area contributed by atoms with Crippen LogP contribution in [0.5, 0.6) is 0 Å². The fraction of sp³-hybridized carbons (Fsp3) is 0.875. The number of amides is 1. The van der Waals surface area contributed by atoms with E-state index in [9.17, 15) is 4.79 Å². The zero-order valence-electron chi connectivity index (χ0n) is 6.84. The first-order valence-corrected chi connectivity index (χ1v) is 4.23. The molecule has 1 amide bonds. The fourth-order valence-electron chi connectivity index (χ4n) is 2.11. The molecule has 0 radical (unpaired) electrons. The summed E-state index contributed by atoms with van der Waals surface area (Å²) in [7, 11) is 0. The van der Waals surface area contributed by atoms with Gasteiger partial charge in [-0.15, -0.1) is 0 Å². The van der Waals surface area contributed by atoms with E-state index in [2.05, 4.69) is 5.32 Å². The van der Waals surface area contributed by atoms with Gasteiger partial charge in [-0.2, -0.15) is 0 Å². The summed E-state index contributed by atoms with van der Waals surface area (Å²) in [5.74, 6) is 1.71. The maximum Gasteiger partial charge on any atom is 0.219 e. The number of rotatable bonds is 0. The van der Waals surface area contributed by atoms with Gasteiger partial charge in [0.05, 0.1) is 0 Å². The molecule has 0 unspecified atom stereocenters. The first kappa shape index (κ1) is 7.10. The standard InChI is InChI=1S/C8H14N2O/c1-6(11)10-4-7-2-9-3-8(7)5-10/h7-9H,2-5H2,1H3/t7-,8+. The average Bonchev–Trinajstić information content (AvgIpc) is 2.40. The van der Waals surface area contributed by atoms with Gasteiger partial charge < -0.3 is 10.2 Å². The monoisotopic (exact) mass is 154 g/mol. The Labute approximate surface area is 66.8 Å². The smallest absolute Gasteiger partial charge is 0.219 e. The van der Waals surface area contributed by atoms with Gasteiger partial charge in [0.2, 0.25) is 5.91 Å². The summed E-state index contributed by atoms with van der Waals surface area (Å²) in [6.07, 6.45) is 0. The Morgan fingerprint density at radius 3 is 2.36 bits per heavy atom. The molecule has 2 fully saturated rings. The number of hydrogen-bond donors (Lipinski definition) is 1. The van der Waals surface area contributed by atoms with E-state index in [1.165, 1.54) is 0 Å². The molecule has 2 aliphatic rings. The van der Waals surface area contributed by atoms with Crippen molar-refractivity contribution in [3.05, 3.63) is 0 Å². The molecule has 0 spiro atoms. The van der Waals surface area contributed by atoms with Gasteiger partial charge in [0.15, 0.2) is 0 Å². The van der Waals surface area contributed by atoms with Gasteiger partial charge in [-0.3, -0.25) is 4.79 Å². The van der Waals surface area contributed by atoms with E-state index in [1.807, 2.05) is 4.90 Å². The third-order valence-corrected chi connectivity index (χ3v) is 2.83. The SMILES string of the molecule is CC(=O)N1C[C@H]2CNC[C@H]2C1. The molecular weight excluding hydrogens is 140 g/mol. The molecule has 0 aromatic rings. The highest BCUT2D eigenvalue weighted by Gasteiger charge is 2.36. The maximum atomic E-state index is 11.0. The van der Waals surface area contributed by atoms with Crippen molar-refractivity contribution in [3.63, 3.8) is 0 Å². The van der Waals surface area contributed by atoms with Crippen molar-refractivity contribution in [2.75, 3.05) is 26.2 Å². The Morgan fingerprint density at radius 1 is 1.36 bits per heavy atom. The van der Waals surface area contributed by atoms with Gasteiger partial charge >= 0.3 is 0 Å². The molecule has 11 heavy (non-hydrogen) atoms. The summed E-state index contributed by atoms with van der Waals surface area (Å²) in [5, 5.41) is 3.35. The van der Waals surface area contributed by atoms with Gasteiger partial charge in [-0.1, -0.05) is 0 Å². The number of likely N-dealkylation sites (tertiary alicyclic amines) is 1. The predicted octanol–water partition coefficient (Wildman–Crippen LogP) is -0.316. The van der Waals surface area contributed by atoms with Crippen molar-refractivity contribution in [1.82, 2.24) is 10.2 Å². The highest BCUT2D eigenvalue weighted by Crippen LogP contribution is 2.25. The molecule has 62 valence electrons. The number of carbonyl (C=O) groups is 1. The molecule has 1 N–H and O–H groups in total. The van der Waals surface area contributed by atoms with Gasteiger partial charge in [-0.05, 0) is 11.8 Å². The zero-order valence-corrected chi connectivity index (χ0v) is 6.84. The van der Waals surface area contributed by atoms with Crippen molar-refractivity contribution in [1.29, 1.82) is 0 Å². The molecule has 2 aliphatic heterocycles. The molecule has 2 atom stereocenters. The molecule has 0 aromatic carbocycles. The highest BCUT2D eigenvalue weighted by molar-refractivity contribution is 5.73. The van der Waals surface area contributed by atoms with Crippen molar-refractivity contribution in [2.24, 2.45) is 11.8 Å². The van der Waals surface area contributed by atoms with Crippen LogP contribution in [0.4, 0.5) is 0 Å². The predicted molar refractivity (Wildman–Crippen MR) is 42.1 cm³/mol. The van der Waals surface area contributed by atoms with E-state index in [0.29, 0.717) is 0 Å². The van der Waals surface area contributed by atoms with Crippen LogP contribution in [0.15, 0.2) is 0 Å². The van der Waals surface area contributed by atoms with Crippen LogP contribution < -0.4 is 5.32 Å². The van der Waals surface area contributed by atoms with Crippen molar-refractivity contribution in [2.45, 2.75) is 6.92 Å². The van der Waals surface area contributed by atoms with Crippen LogP contribution in [0, 0.1) is 11.8 Å². The molecule has 0 aliphatic carbocycles. The van der Waals surface area contributed by atoms with Crippen LogP contribution in [0.1, 0.15) is 6.92 Å². The van der Waals surface area contributed by atoms with E-state index >= 15 is 0 Å². The minimum absolute atomic E-state index is 0.236. The molecule has 2 heterocycles. The summed E-state index contributed by atoms with van der Waals surface area (Å²) in [6, 6.07) is 0. The second-order valence-electron chi connectivity index (χ2n) is 3.60. The van der Waals surface area contributed by atoms with E-state index < -0.39 is 0 Å². The Morgan fingerprint density at radius 2 is 1.91 bits per heavy atom. The number of hydrogen-bond acceptors (Lipinski definition) is 2. The van der Waals surface area contributed by atoms with Crippen molar-refractivity contribution in [3.8, 4) is 0 Å². The van der Waals surface area contributed by atoms with E-state index in [-0.39, 0.29) is 5.91 Å². The summed E-state index contributed by atoms with van der Waals surface area (Å²) >= 11 is 0. The maximum absolute atomic E-state index is 11.0. The van der Waals surface area contributed by atoms with E-state index in [0.717, 1.165) is 38.0 Å². The van der Waals surface area contributed by atoms with Crippen LogP contribution in [0.2, 0.25) is 0 Å². The number of nitrogens with zero attached hydrogens (tertiary/aromatic N) is 1. The van der Waals surface area contributed by atoms with Crippen LogP contribution in [-0.2, 0) is 4.79 Å². The van der Waals surface area contributed by atoms with Crippen molar-refractivity contribution >= 4 is 5.91 Å². The number of fused-ring (bicyclic) bond motifs is 1. The first-order chi connectivity index (χ1) is 5.27. The largest absolute Gasteiger partial charge is 0.342 e. The molecule has 3 heteroatoms. The number of carbonyl (C=O) groups excluding carboxylic acids is 1. The Bertz CT molecular complexity index is 169. The second-order valence-corrected chi connectivity index (χ2v) is 3.60. The minimum atomic E-state index is 0.236. The van der Waals surface area contributed by atoms with Gasteiger partial charge in [0.25, 0.3) is 0 Å². The number of nitrogens with one attached hydrogen (secondary N) is 1. The Kier molecular flexibility index (Phi) is 1.60. The van der Waals surface area contributed by atoms with Crippen LogP contribution in [0.3, 0.4) is 0 Å². The van der Waals surface area contributed by atoms with Crippen LogP contribution in [-0.4, -0.2) is 37.0 Å². The summed E-state index contributed by atoms with van der Waals surface area (Å²) in [6.45, 7) is 5.83. The van der Waals surface area contributed by atoms with Gasteiger partial charge in [0, 0.05) is 33.1 Å². The fourth-order valence-corrected chi connectivity index (χ4v) is 2.11. The topological polar surface area (TPSA) is 32.3 Å². The van der Waals surface area contributed by atoms with Gasteiger partial charge in [0.1, 0.15) is 0 Å². The minimum Gasteiger partial charge on any atom is -0.342 e. The molecule has 0 bridgehead atoms. The molecule has 2 rings (SSSR count). The molecule has 0 aromatic heterocycles. The lowest BCUT2D eigenvalue weighted by Crippen LogP contribution is -2.29. The third kappa shape index (κ3) is 1.13. The lowest BCUT2D eigenvalue weighted by Gasteiger charge is -2.13. The third-order valence-electron chi connectivity index (χ3n) is 2.83. The van der Waals surface area contributed by atoms with Crippen molar-refractivity contribution < 1.29 is 4.79 Å². The Balaban J connectivity index is 1.99. The average molecular weight is 154 g/mol.